The quantitative estimate of drug-likeness (QED) is 0.421. The van der Waals surface area contributed by atoms with Crippen LogP contribution >= 0.6 is 0 Å². The second kappa shape index (κ2) is 4.74. The van der Waals surface area contributed by atoms with Crippen LogP contribution in [0.4, 0.5) is 0 Å². The molecule has 1 unspecified atom stereocenters. The predicted molar refractivity (Wildman–Crippen MR) is 47.8 cm³/mol. The molecule has 0 aromatic heterocycles. The molecule has 0 aromatic rings. The van der Waals surface area contributed by atoms with Gasteiger partial charge in [-0.15, -0.1) is 0 Å². The van der Waals surface area contributed by atoms with Gasteiger partial charge in [0, 0.05) is 13.0 Å². The van der Waals surface area contributed by atoms with Gasteiger partial charge in [-0.2, -0.15) is 0 Å². The van der Waals surface area contributed by atoms with Gasteiger partial charge in [0.2, 0.25) is 11.8 Å². The first-order valence-corrected chi connectivity index (χ1v) is 4.45. The van der Waals surface area contributed by atoms with E-state index in [4.69, 9.17) is 10.2 Å². The van der Waals surface area contributed by atoms with Gasteiger partial charge in [0.05, 0.1) is 12.5 Å². The molecule has 0 spiro atoms. The molecule has 84 valence electrons. The topological polar surface area (TPSA) is 116 Å². The van der Waals surface area contributed by atoms with Gasteiger partial charge in [0.15, 0.2) is 0 Å². The van der Waals surface area contributed by atoms with Crippen molar-refractivity contribution in [2.75, 3.05) is 13.2 Å². The van der Waals surface area contributed by atoms with Crippen molar-refractivity contribution in [3.05, 3.63) is 0 Å². The van der Waals surface area contributed by atoms with E-state index >= 15 is 0 Å². The molecule has 1 fully saturated rings. The van der Waals surface area contributed by atoms with Crippen LogP contribution in [-0.4, -0.2) is 47.2 Å². The van der Waals surface area contributed by atoms with Gasteiger partial charge in [-0.3, -0.25) is 9.59 Å². The summed E-state index contributed by atoms with van der Waals surface area (Å²) in [7, 11) is 0. The van der Waals surface area contributed by atoms with Crippen LogP contribution in [0.15, 0.2) is 0 Å². The van der Waals surface area contributed by atoms with Gasteiger partial charge in [0.25, 0.3) is 0 Å². The number of carbonyl (C=O) groups is 3. The first kappa shape index (κ1) is 11.4. The van der Waals surface area contributed by atoms with E-state index in [1.54, 1.807) is 0 Å². The van der Waals surface area contributed by atoms with E-state index in [0.717, 1.165) is 0 Å². The molecule has 0 bridgehead atoms. The normalized spacial score (nSPS) is 21.9. The van der Waals surface area contributed by atoms with Crippen molar-refractivity contribution < 1.29 is 24.6 Å². The fraction of sp³-hybridized carbons (Fsp3) is 0.625. The summed E-state index contributed by atoms with van der Waals surface area (Å²) in [6.45, 7) is -0.461. The highest BCUT2D eigenvalue weighted by Gasteiger charge is 2.30. The molecule has 0 aliphatic carbocycles. The third-order valence-electron chi connectivity index (χ3n) is 2.15. The summed E-state index contributed by atoms with van der Waals surface area (Å²) >= 11 is 0. The Hall–Kier alpha value is -1.63. The zero-order valence-corrected chi connectivity index (χ0v) is 7.90. The maximum atomic E-state index is 11.4. The lowest BCUT2D eigenvalue weighted by atomic mass is 10.1. The highest BCUT2D eigenvalue weighted by molar-refractivity contribution is 5.91. The fourth-order valence-electron chi connectivity index (χ4n) is 1.27. The number of aliphatic hydroxyl groups is 1. The summed E-state index contributed by atoms with van der Waals surface area (Å²) in [6, 6.07) is -1.31. The molecular formula is C8H12N2O5. The monoisotopic (exact) mass is 216 g/mol. The van der Waals surface area contributed by atoms with E-state index < -0.39 is 30.4 Å². The van der Waals surface area contributed by atoms with Crippen LogP contribution in [0.5, 0.6) is 0 Å². The predicted octanol–water partition coefficient (Wildman–Crippen LogP) is -2.32. The van der Waals surface area contributed by atoms with Crippen molar-refractivity contribution >= 4 is 17.8 Å². The maximum absolute atomic E-state index is 11.4. The number of carboxylic acid groups (broad SMARTS) is 1. The summed E-state index contributed by atoms with van der Waals surface area (Å²) in [5, 5.41) is 21.8. The average Bonchev–Trinajstić information content (AvgIpc) is 2.60. The number of amides is 2. The Morgan fingerprint density at radius 1 is 1.60 bits per heavy atom. The molecule has 1 heterocycles. The van der Waals surface area contributed by atoms with Gasteiger partial charge in [0.1, 0.15) is 6.04 Å². The lowest BCUT2D eigenvalue weighted by Crippen LogP contribution is -2.46. The number of aliphatic carboxylic acids is 1. The third kappa shape index (κ3) is 2.91. The maximum Gasteiger partial charge on any atom is 0.328 e. The molecule has 7 heteroatoms. The molecule has 1 aliphatic heterocycles. The molecule has 7 nitrogen and oxygen atoms in total. The number of hydrogen-bond donors (Lipinski definition) is 4. The minimum Gasteiger partial charge on any atom is -0.480 e. The Morgan fingerprint density at radius 3 is 2.67 bits per heavy atom. The first-order chi connectivity index (χ1) is 7.04. The molecule has 4 N–H and O–H groups in total. The standard InChI is InChI=1S/C8H12N2O5/c11-3-5(8(14)15)10-7(13)4-1-6(12)9-2-4/h4-5,11H,1-3H2,(H,9,12)(H,10,13)(H,14,15)/t4?,5-/m1/s1. The number of aliphatic hydroxyl groups excluding tert-OH is 1. The van der Waals surface area contributed by atoms with Crippen LogP contribution in [0.25, 0.3) is 0 Å². The molecule has 15 heavy (non-hydrogen) atoms. The minimum atomic E-state index is -1.31. The number of rotatable bonds is 4. The largest absolute Gasteiger partial charge is 0.480 e. The molecule has 0 saturated carbocycles. The van der Waals surface area contributed by atoms with E-state index in [1.165, 1.54) is 0 Å². The van der Waals surface area contributed by atoms with E-state index in [0.29, 0.717) is 0 Å². The zero-order valence-electron chi connectivity index (χ0n) is 7.90. The van der Waals surface area contributed by atoms with Crippen LogP contribution in [0.1, 0.15) is 6.42 Å². The summed E-state index contributed by atoms with van der Waals surface area (Å²) in [6.07, 6.45) is 0.0591. The van der Waals surface area contributed by atoms with Crippen molar-refractivity contribution in [1.82, 2.24) is 10.6 Å². The number of carboxylic acids is 1. The van der Waals surface area contributed by atoms with E-state index in [1.807, 2.05) is 0 Å². The summed E-state index contributed by atoms with van der Waals surface area (Å²) < 4.78 is 0. The SMILES string of the molecule is O=C1CC(C(=O)N[C@H](CO)C(=O)O)CN1. The summed E-state index contributed by atoms with van der Waals surface area (Å²) in [4.78, 5) is 32.7. The van der Waals surface area contributed by atoms with Crippen LogP contribution in [0.3, 0.4) is 0 Å². The minimum absolute atomic E-state index is 0.0591. The van der Waals surface area contributed by atoms with Gasteiger partial charge in [-0.1, -0.05) is 0 Å². The van der Waals surface area contributed by atoms with Gasteiger partial charge in [-0.25, -0.2) is 4.79 Å². The zero-order chi connectivity index (χ0) is 11.4. The fourth-order valence-corrected chi connectivity index (χ4v) is 1.27. The first-order valence-electron chi connectivity index (χ1n) is 4.45. The van der Waals surface area contributed by atoms with E-state index in [-0.39, 0.29) is 18.9 Å². The smallest absolute Gasteiger partial charge is 0.328 e. The van der Waals surface area contributed by atoms with Crippen LogP contribution in [-0.2, 0) is 14.4 Å². The van der Waals surface area contributed by atoms with Crippen molar-refractivity contribution in [3.63, 3.8) is 0 Å². The van der Waals surface area contributed by atoms with Crippen molar-refractivity contribution in [3.8, 4) is 0 Å². The Kier molecular flexibility index (Phi) is 3.62. The van der Waals surface area contributed by atoms with Gasteiger partial charge < -0.3 is 20.8 Å². The van der Waals surface area contributed by atoms with Crippen LogP contribution in [0, 0.1) is 5.92 Å². The number of nitrogens with one attached hydrogen (secondary N) is 2. The van der Waals surface area contributed by atoms with Crippen LogP contribution < -0.4 is 10.6 Å². The Bertz CT molecular complexity index is 291. The van der Waals surface area contributed by atoms with E-state index in [9.17, 15) is 14.4 Å². The highest BCUT2D eigenvalue weighted by Crippen LogP contribution is 2.08. The molecule has 1 saturated heterocycles. The Balaban J connectivity index is 2.47. The molecule has 2 amide bonds. The molecule has 1 rings (SSSR count). The lowest BCUT2D eigenvalue weighted by molar-refractivity contribution is -0.143. The second-order valence-electron chi connectivity index (χ2n) is 3.29. The van der Waals surface area contributed by atoms with Gasteiger partial charge >= 0.3 is 5.97 Å². The molecule has 2 atom stereocenters. The average molecular weight is 216 g/mol. The van der Waals surface area contributed by atoms with E-state index in [2.05, 4.69) is 10.6 Å². The summed E-state index contributed by atoms with van der Waals surface area (Å²) in [5.74, 6) is -2.62. The van der Waals surface area contributed by atoms with Crippen molar-refractivity contribution in [2.45, 2.75) is 12.5 Å². The van der Waals surface area contributed by atoms with Crippen molar-refractivity contribution in [2.24, 2.45) is 5.92 Å². The summed E-state index contributed by atoms with van der Waals surface area (Å²) in [5.41, 5.74) is 0. The molecular weight excluding hydrogens is 204 g/mol. The molecule has 0 aromatic carbocycles. The van der Waals surface area contributed by atoms with Gasteiger partial charge in [-0.05, 0) is 0 Å². The third-order valence-corrected chi connectivity index (χ3v) is 2.15. The second-order valence-corrected chi connectivity index (χ2v) is 3.29. The number of hydrogen-bond acceptors (Lipinski definition) is 4. The van der Waals surface area contributed by atoms with Crippen molar-refractivity contribution in [1.29, 1.82) is 0 Å². The Morgan fingerprint density at radius 2 is 2.27 bits per heavy atom. The molecule has 1 aliphatic rings. The number of carbonyl (C=O) groups excluding carboxylic acids is 2. The lowest BCUT2D eigenvalue weighted by Gasteiger charge is -2.14. The van der Waals surface area contributed by atoms with Crippen LogP contribution in [0.2, 0.25) is 0 Å². The Labute approximate surface area is 85.5 Å². The highest BCUT2D eigenvalue weighted by atomic mass is 16.4. The molecule has 0 radical (unpaired) electrons.